The Morgan fingerprint density at radius 1 is 1.15 bits per heavy atom. The van der Waals surface area contributed by atoms with Crippen LogP contribution in [0.4, 0.5) is 18.9 Å². The molecule has 1 aliphatic rings. The van der Waals surface area contributed by atoms with Crippen molar-refractivity contribution in [2.75, 3.05) is 18.7 Å². The molecule has 0 aromatic heterocycles. The second kappa shape index (κ2) is 7.34. The highest BCUT2D eigenvalue weighted by atomic mass is 19.4. The third-order valence-corrected chi connectivity index (χ3v) is 3.44. The summed E-state index contributed by atoms with van der Waals surface area (Å²) in [6.07, 6.45) is -3.01. The maximum Gasteiger partial charge on any atom is 0.416 e. The molecule has 0 radical (unpaired) electrons. The van der Waals surface area contributed by atoms with Gasteiger partial charge < -0.3 is 14.8 Å². The highest BCUT2D eigenvalue weighted by Gasteiger charge is 2.30. The van der Waals surface area contributed by atoms with Crippen LogP contribution in [0.1, 0.15) is 11.1 Å². The lowest BCUT2D eigenvalue weighted by Crippen LogP contribution is -2.26. The van der Waals surface area contributed by atoms with Crippen LogP contribution in [0.3, 0.4) is 0 Å². The second-order valence-corrected chi connectivity index (χ2v) is 5.34. The Morgan fingerprint density at radius 2 is 1.96 bits per heavy atom. The zero-order valence-corrected chi connectivity index (χ0v) is 13.3. The van der Waals surface area contributed by atoms with E-state index in [0.29, 0.717) is 17.1 Å². The quantitative estimate of drug-likeness (QED) is 0.631. The highest BCUT2D eigenvalue weighted by molar-refractivity contribution is 5.84. The number of carbonyl (C=O) groups excluding carboxylic acids is 1. The summed E-state index contributed by atoms with van der Waals surface area (Å²) < 4.78 is 48.3. The minimum Gasteiger partial charge on any atom is -0.454 e. The van der Waals surface area contributed by atoms with Crippen molar-refractivity contribution in [1.82, 2.24) is 5.43 Å². The van der Waals surface area contributed by atoms with Gasteiger partial charge in [0.15, 0.2) is 11.5 Å². The van der Waals surface area contributed by atoms with E-state index in [9.17, 15) is 18.0 Å². The standard InChI is InChI=1S/C17H14F3N3O3/c18-17(19,20)12-2-1-3-13(7-12)21-9-16(24)23-22-8-11-4-5-14-15(6-11)26-10-25-14/h1-8,21H,9-10H2,(H,23,24)/b22-8-. The number of carbonyl (C=O) groups is 1. The predicted octanol–water partition coefficient (Wildman–Crippen LogP) is 3.00. The van der Waals surface area contributed by atoms with Gasteiger partial charge in [0, 0.05) is 5.69 Å². The first-order valence-electron chi connectivity index (χ1n) is 7.54. The first-order chi connectivity index (χ1) is 12.4. The number of halogens is 3. The molecule has 0 saturated carbocycles. The molecule has 9 heteroatoms. The van der Waals surface area contributed by atoms with E-state index >= 15 is 0 Å². The van der Waals surface area contributed by atoms with E-state index in [0.717, 1.165) is 12.1 Å². The molecule has 2 aromatic carbocycles. The molecule has 0 bridgehead atoms. The molecule has 0 spiro atoms. The topological polar surface area (TPSA) is 72.0 Å². The van der Waals surface area contributed by atoms with Crippen LogP contribution in [0.2, 0.25) is 0 Å². The summed E-state index contributed by atoms with van der Waals surface area (Å²) in [4.78, 5) is 11.7. The minimum atomic E-state index is -4.44. The third kappa shape index (κ3) is 4.44. The van der Waals surface area contributed by atoms with E-state index < -0.39 is 17.6 Å². The van der Waals surface area contributed by atoms with Gasteiger partial charge in [-0.05, 0) is 42.0 Å². The molecule has 2 N–H and O–H groups in total. The van der Waals surface area contributed by atoms with Crippen molar-refractivity contribution in [3.05, 3.63) is 53.6 Å². The monoisotopic (exact) mass is 365 g/mol. The number of hydrazone groups is 1. The Bertz CT molecular complexity index is 837. The number of rotatable bonds is 5. The van der Waals surface area contributed by atoms with Crippen molar-refractivity contribution in [3.63, 3.8) is 0 Å². The number of amides is 1. The molecule has 26 heavy (non-hydrogen) atoms. The molecule has 0 unspecified atom stereocenters. The number of nitrogens with one attached hydrogen (secondary N) is 2. The van der Waals surface area contributed by atoms with Gasteiger partial charge in [0.25, 0.3) is 5.91 Å². The zero-order chi connectivity index (χ0) is 18.6. The third-order valence-electron chi connectivity index (χ3n) is 3.44. The number of benzene rings is 2. The first kappa shape index (κ1) is 17.6. The Labute approximate surface area is 146 Å². The molecule has 1 aliphatic heterocycles. The Kier molecular flexibility index (Phi) is 4.97. The molecule has 1 heterocycles. The van der Waals surface area contributed by atoms with Gasteiger partial charge in [-0.1, -0.05) is 6.07 Å². The molecule has 0 aliphatic carbocycles. The smallest absolute Gasteiger partial charge is 0.416 e. The SMILES string of the molecule is O=C(CNc1cccc(C(F)(F)F)c1)N/N=C\c1ccc2c(c1)OCO2. The fraction of sp³-hybridized carbons (Fsp3) is 0.176. The van der Waals surface area contributed by atoms with Crippen LogP contribution in [0.25, 0.3) is 0 Å². The molecule has 6 nitrogen and oxygen atoms in total. The lowest BCUT2D eigenvalue weighted by Gasteiger charge is -2.10. The van der Waals surface area contributed by atoms with Crippen molar-refractivity contribution >= 4 is 17.8 Å². The number of ether oxygens (including phenoxy) is 2. The first-order valence-corrected chi connectivity index (χ1v) is 7.54. The normalized spacial score (nSPS) is 13.0. The predicted molar refractivity (Wildman–Crippen MR) is 88.2 cm³/mol. The maximum atomic E-state index is 12.6. The van der Waals surface area contributed by atoms with Gasteiger partial charge in [0.1, 0.15) is 0 Å². The summed E-state index contributed by atoms with van der Waals surface area (Å²) in [6.45, 7) is -0.0618. The molecule has 0 fully saturated rings. The average molecular weight is 365 g/mol. The summed E-state index contributed by atoms with van der Waals surface area (Å²) in [7, 11) is 0. The fourth-order valence-corrected chi connectivity index (χ4v) is 2.20. The van der Waals surface area contributed by atoms with Crippen LogP contribution >= 0.6 is 0 Å². The summed E-state index contributed by atoms with van der Waals surface area (Å²) in [5.74, 6) is 0.724. The van der Waals surface area contributed by atoms with E-state index in [1.54, 1.807) is 18.2 Å². The molecule has 1 amide bonds. The molecule has 0 atom stereocenters. The van der Waals surface area contributed by atoms with Gasteiger partial charge in [-0.25, -0.2) is 5.43 Å². The second-order valence-electron chi connectivity index (χ2n) is 5.34. The van der Waals surface area contributed by atoms with E-state index in [2.05, 4.69) is 15.8 Å². The van der Waals surface area contributed by atoms with Crippen LogP contribution in [-0.4, -0.2) is 25.5 Å². The summed E-state index contributed by atoms with van der Waals surface area (Å²) in [6, 6.07) is 9.77. The molecule has 0 saturated heterocycles. The zero-order valence-electron chi connectivity index (χ0n) is 13.3. The summed E-state index contributed by atoms with van der Waals surface area (Å²) in [5.41, 5.74) is 2.38. The van der Waals surface area contributed by atoms with Gasteiger partial charge in [0.2, 0.25) is 6.79 Å². The Hall–Kier alpha value is -3.23. The van der Waals surface area contributed by atoms with Crippen molar-refractivity contribution < 1.29 is 27.4 Å². The van der Waals surface area contributed by atoms with Crippen molar-refractivity contribution in [2.24, 2.45) is 5.10 Å². The number of fused-ring (bicyclic) bond motifs is 1. The molecular weight excluding hydrogens is 351 g/mol. The van der Waals surface area contributed by atoms with Crippen LogP contribution in [0.15, 0.2) is 47.6 Å². The molecule has 2 aromatic rings. The lowest BCUT2D eigenvalue weighted by atomic mass is 10.2. The number of hydrogen-bond donors (Lipinski definition) is 2. The van der Waals surface area contributed by atoms with Crippen LogP contribution in [0, 0.1) is 0 Å². The van der Waals surface area contributed by atoms with Crippen molar-refractivity contribution in [3.8, 4) is 11.5 Å². The molecule has 3 rings (SSSR count). The van der Waals surface area contributed by atoms with E-state index in [1.165, 1.54) is 18.3 Å². The largest absolute Gasteiger partial charge is 0.454 e. The van der Waals surface area contributed by atoms with E-state index in [1.807, 2.05) is 0 Å². The van der Waals surface area contributed by atoms with Gasteiger partial charge >= 0.3 is 6.18 Å². The van der Waals surface area contributed by atoms with Crippen LogP contribution in [0.5, 0.6) is 11.5 Å². The van der Waals surface area contributed by atoms with Gasteiger partial charge in [0.05, 0.1) is 18.3 Å². The fourth-order valence-electron chi connectivity index (χ4n) is 2.20. The van der Waals surface area contributed by atoms with Crippen LogP contribution in [-0.2, 0) is 11.0 Å². The number of hydrogen-bond acceptors (Lipinski definition) is 5. The summed E-state index contributed by atoms with van der Waals surface area (Å²) >= 11 is 0. The van der Waals surface area contributed by atoms with E-state index in [4.69, 9.17) is 9.47 Å². The molecular formula is C17H14F3N3O3. The van der Waals surface area contributed by atoms with Crippen molar-refractivity contribution in [2.45, 2.75) is 6.18 Å². The van der Waals surface area contributed by atoms with Gasteiger partial charge in [-0.15, -0.1) is 0 Å². The van der Waals surface area contributed by atoms with Crippen LogP contribution < -0.4 is 20.2 Å². The highest BCUT2D eigenvalue weighted by Crippen LogP contribution is 2.32. The average Bonchev–Trinajstić information content (AvgIpc) is 3.07. The van der Waals surface area contributed by atoms with Gasteiger partial charge in [-0.2, -0.15) is 18.3 Å². The van der Waals surface area contributed by atoms with E-state index in [-0.39, 0.29) is 19.0 Å². The molecule has 136 valence electrons. The summed E-state index contributed by atoms with van der Waals surface area (Å²) in [5, 5.41) is 6.41. The number of nitrogens with zero attached hydrogens (tertiary/aromatic N) is 1. The number of alkyl halides is 3. The van der Waals surface area contributed by atoms with Gasteiger partial charge in [-0.3, -0.25) is 4.79 Å². The minimum absolute atomic E-state index is 0.161. The number of anilines is 1. The Balaban J connectivity index is 1.50. The lowest BCUT2D eigenvalue weighted by molar-refractivity contribution is -0.137. The maximum absolute atomic E-state index is 12.6. The Morgan fingerprint density at radius 3 is 2.77 bits per heavy atom. The van der Waals surface area contributed by atoms with Crippen molar-refractivity contribution in [1.29, 1.82) is 0 Å².